The van der Waals surface area contributed by atoms with Gasteiger partial charge in [0, 0.05) is 11.6 Å². The van der Waals surface area contributed by atoms with E-state index in [1.54, 1.807) is 31.2 Å². The third-order valence-electron chi connectivity index (χ3n) is 4.03. The maximum Gasteiger partial charge on any atom is 0.323 e. The van der Waals surface area contributed by atoms with Crippen LogP contribution in [0.1, 0.15) is 18.5 Å². The first-order valence-corrected chi connectivity index (χ1v) is 9.28. The Morgan fingerprint density at radius 1 is 1.00 bits per heavy atom. The Labute approximate surface area is 150 Å². The SMILES string of the molecule is COc1ccc(OC)c([C@H](C)NS(=O)(=O)c2ccc3[nH]c(=O)[nH]c3c2)c1. The highest BCUT2D eigenvalue weighted by Crippen LogP contribution is 2.30. The number of hydrogen-bond donors (Lipinski definition) is 3. The summed E-state index contributed by atoms with van der Waals surface area (Å²) in [5.41, 5.74) is 1.21. The molecule has 0 fully saturated rings. The van der Waals surface area contributed by atoms with Gasteiger partial charge in [-0.1, -0.05) is 0 Å². The van der Waals surface area contributed by atoms with Gasteiger partial charge < -0.3 is 19.4 Å². The normalized spacial score (nSPS) is 12.9. The molecular formula is C17H19N3O5S. The van der Waals surface area contributed by atoms with E-state index in [4.69, 9.17) is 9.47 Å². The molecule has 9 heteroatoms. The lowest BCUT2D eigenvalue weighted by molar-refractivity contribution is 0.395. The first-order chi connectivity index (χ1) is 12.3. The van der Waals surface area contributed by atoms with Gasteiger partial charge in [0.25, 0.3) is 0 Å². The number of hydrogen-bond acceptors (Lipinski definition) is 5. The standard InChI is InChI=1S/C17H19N3O5S/c1-10(13-8-11(24-2)4-7-16(13)25-3)20-26(22,23)12-5-6-14-15(9-12)19-17(21)18-14/h4-10,20H,1-3H3,(H2,18,19,21)/t10-/m0/s1. The molecule has 0 unspecified atom stereocenters. The summed E-state index contributed by atoms with van der Waals surface area (Å²) in [6.07, 6.45) is 0. The van der Waals surface area contributed by atoms with Crippen LogP contribution in [0, 0.1) is 0 Å². The highest BCUT2D eigenvalue weighted by molar-refractivity contribution is 7.89. The molecule has 1 aromatic heterocycles. The summed E-state index contributed by atoms with van der Waals surface area (Å²) in [5, 5.41) is 0. The van der Waals surface area contributed by atoms with E-state index >= 15 is 0 Å². The largest absolute Gasteiger partial charge is 0.497 e. The van der Waals surface area contributed by atoms with Crippen LogP contribution in [-0.4, -0.2) is 32.6 Å². The van der Waals surface area contributed by atoms with Crippen molar-refractivity contribution in [2.24, 2.45) is 0 Å². The number of sulfonamides is 1. The number of ether oxygens (including phenoxy) is 2. The van der Waals surface area contributed by atoms with Gasteiger partial charge in [-0.05, 0) is 43.3 Å². The molecule has 3 N–H and O–H groups in total. The molecule has 138 valence electrons. The highest BCUT2D eigenvalue weighted by atomic mass is 32.2. The topological polar surface area (TPSA) is 113 Å². The van der Waals surface area contributed by atoms with E-state index in [0.717, 1.165) is 0 Å². The summed E-state index contributed by atoms with van der Waals surface area (Å²) in [4.78, 5) is 16.5. The quantitative estimate of drug-likeness (QED) is 0.607. The summed E-state index contributed by atoms with van der Waals surface area (Å²) in [6.45, 7) is 1.71. The van der Waals surface area contributed by atoms with E-state index in [-0.39, 0.29) is 4.90 Å². The number of nitrogens with one attached hydrogen (secondary N) is 3. The highest BCUT2D eigenvalue weighted by Gasteiger charge is 2.21. The van der Waals surface area contributed by atoms with E-state index < -0.39 is 21.8 Å². The van der Waals surface area contributed by atoms with E-state index in [0.29, 0.717) is 28.1 Å². The van der Waals surface area contributed by atoms with Crippen LogP contribution in [0.5, 0.6) is 11.5 Å². The van der Waals surface area contributed by atoms with Gasteiger partial charge in [-0.15, -0.1) is 0 Å². The monoisotopic (exact) mass is 377 g/mol. The maximum absolute atomic E-state index is 12.7. The molecule has 1 heterocycles. The van der Waals surface area contributed by atoms with Gasteiger partial charge in [0.2, 0.25) is 10.0 Å². The Kier molecular flexibility index (Phi) is 4.75. The summed E-state index contributed by atoms with van der Waals surface area (Å²) in [5.74, 6) is 1.14. The second kappa shape index (κ2) is 6.85. The second-order valence-corrected chi connectivity index (χ2v) is 7.45. The van der Waals surface area contributed by atoms with Crippen LogP contribution in [0.2, 0.25) is 0 Å². The van der Waals surface area contributed by atoms with Crippen LogP contribution in [-0.2, 0) is 10.0 Å². The first-order valence-electron chi connectivity index (χ1n) is 7.80. The Morgan fingerprint density at radius 3 is 2.42 bits per heavy atom. The number of H-pyrrole nitrogens is 2. The van der Waals surface area contributed by atoms with Crippen molar-refractivity contribution in [2.45, 2.75) is 17.9 Å². The van der Waals surface area contributed by atoms with Crippen LogP contribution in [0.25, 0.3) is 11.0 Å². The zero-order valence-electron chi connectivity index (χ0n) is 14.5. The van der Waals surface area contributed by atoms with Crippen molar-refractivity contribution < 1.29 is 17.9 Å². The van der Waals surface area contributed by atoms with Crippen LogP contribution in [0.3, 0.4) is 0 Å². The fourth-order valence-electron chi connectivity index (χ4n) is 2.72. The van der Waals surface area contributed by atoms with Crippen LogP contribution < -0.4 is 19.9 Å². The third kappa shape index (κ3) is 3.44. The van der Waals surface area contributed by atoms with Crippen LogP contribution >= 0.6 is 0 Å². The number of aromatic nitrogens is 2. The van der Waals surface area contributed by atoms with Gasteiger partial charge in [-0.3, -0.25) is 0 Å². The zero-order chi connectivity index (χ0) is 18.9. The number of imidazole rings is 1. The predicted molar refractivity (Wildman–Crippen MR) is 97.2 cm³/mol. The van der Waals surface area contributed by atoms with Crippen molar-refractivity contribution in [1.29, 1.82) is 0 Å². The predicted octanol–water partition coefficient (Wildman–Crippen LogP) is 1.91. The molecule has 0 saturated heterocycles. The van der Waals surface area contributed by atoms with Crippen LogP contribution in [0.15, 0.2) is 46.1 Å². The molecule has 8 nitrogen and oxygen atoms in total. The third-order valence-corrected chi connectivity index (χ3v) is 5.57. The molecule has 0 spiro atoms. The van der Waals surface area contributed by atoms with E-state index in [2.05, 4.69) is 14.7 Å². The molecule has 0 aliphatic carbocycles. The molecule has 2 aromatic carbocycles. The fraction of sp³-hybridized carbons (Fsp3) is 0.235. The molecule has 0 aliphatic rings. The molecule has 1 atom stereocenters. The van der Waals surface area contributed by atoms with Gasteiger partial charge in [-0.2, -0.15) is 0 Å². The average Bonchev–Trinajstić information content (AvgIpc) is 2.99. The Bertz CT molecular complexity index is 1100. The minimum atomic E-state index is -3.82. The lowest BCUT2D eigenvalue weighted by atomic mass is 10.1. The molecule has 3 aromatic rings. The van der Waals surface area contributed by atoms with Gasteiger partial charge in [0.05, 0.1) is 30.1 Å². The summed E-state index contributed by atoms with van der Waals surface area (Å²) in [6, 6.07) is 8.99. The Hall–Kier alpha value is -2.78. The number of rotatable bonds is 6. The number of benzene rings is 2. The second-order valence-electron chi connectivity index (χ2n) is 5.74. The molecule has 3 rings (SSSR count). The Balaban J connectivity index is 1.94. The average molecular weight is 377 g/mol. The van der Waals surface area contributed by atoms with E-state index in [1.807, 2.05) is 0 Å². The number of methoxy groups -OCH3 is 2. The number of fused-ring (bicyclic) bond motifs is 1. The van der Waals surface area contributed by atoms with Crippen LogP contribution in [0.4, 0.5) is 0 Å². The molecule has 0 bridgehead atoms. The molecule has 26 heavy (non-hydrogen) atoms. The van der Waals surface area contributed by atoms with Crippen molar-refractivity contribution in [1.82, 2.24) is 14.7 Å². The Morgan fingerprint density at radius 2 is 1.73 bits per heavy atom. The summed E-state index contributed by atoms with van der Waals surface area (Å²) >= 11 is 0. The van der Waals surface area contributed by atoms with Gasteiger partial charge in [-0.25, -0.2) is 17.9 Å². The van der Waals surface area contributed by atoms with Crippen molar-refractivity contribution in [3.8, 4) is 11.5 Å². The minimum absolute atomic E-state index is 0.0500. The van der Waals surface area contributed by atoms with Crippen molar-refractivity contribution in [3.63, 3.8) is 0 Å². The maximum atomic E-state index is 12.7. The van der Waals surface area contributed by atoms with Crippen molar-refractivity contribution in [3.05, 3.63) is 52.4 Å². The molecule has 0 radical (unpaired) electrons. The fourth-order valence-corrected chi connectivity index (χ4v) is 3.97. The van der Waals surface area contributed by atoms with E-state index in [9.17, 15) is 13.2 Å². The molecule has 0 aliphatic heterocycles. The number of aromatic amines is 2. The zero-order valence-corrected chi connectivity index (χ0v) is 15.3. The van der Waals surface area contributed by atoms with Crippen molar-refractivity contribution >= 4 is 21.1 Å². The van der Waals surface area contributed by atoms with Gasteiger partial charge >= 0.3 is 5.69 Å². The smallest absolute Gasteiger partial charge is 0.323 e. The molecule has 0 saturated carbocycles. The summed E-state index contributed by atoms with van der Waals surface area (Å²) < 4.78 is 38.6. The lowest BCUT2D eigenvalue weighted by Gasteiger charge is -2.18. The van der Waals surface area contributed by atoms with E-state index in [1.165, 1.54) is 26.4 Å². The van der Waals surface area contributed by atoms with Crippen molar-refractivity contribution in [2.75, 3.05) is 14.2 Å². The molecular weight excluding hydrogens is 358 g/mol. The molecule has 0 amide bonds. The van der Waals surface area contributed by atoms with Gasteiger partial charge in [0.15, 0.2) is 0 Å². The summed E-state index contributed by atoms with van der Waals surface area (Å²) in [7, 11) is -0.765. The first kappa shape index (κ1) is 18.0. The van der Waals surface area contributed by atoms with Gasteiger partial charge in [0.1, 0.15) is 11.5 Å². The minimum Gasteiger partial charge on any atom is -0.497 e. The lowest BCUT2D eigenvalue weighted by Crippen LogP contribution is -2.27.